The van der Waals surface area contributed by atoms with Crippen molar-refractivity contribution < 1.29 is 5.11 Å². The quantitative estimate of drug-likeness (QED) is 0.640. The molecule has 0 unspecified atom stereocenters. The summed E-state index contributed by atoms with van der Waals surface area (Å²) in [6.07, 6.45) is 7.81. The van der Waals surface area contributed by atoms with E-state index >= 15 is 0 Å². The van der Waals surface area contributed by atoms with Gasteiger partial charge in [-0.1, -0.05) is 26.2 Å². The third-order valence-electron chi connectivity index (χ3n) is 3.01. The van der Waals surface area contributed by atoms with Gasteiger partial charge in [-0.3, -0.25) is 4.90 Å². The smallest absolute Gasteiger partial charge is 0.0586 e. The number of aliphatic hydroxyl groups is 1. The number of rotatable bonds is 6. The molecule has 2 heteroatoms. The maximum atomic E-state index is 9.10. The fourth-order valence-electron chi connectivity index (χ4n) is 2.14. The fourth-order valence-corrected chi connectivity index (χ4v) is 2.14. The first-order chi connectivity index (χ1) is 6.38. The van der Waals surface area contributed by atoms with Gasteiger partial charge in [0, 0.05) is 6.04 Å². The van der Waals surface area contributed by atoms with E-state index < -0.39 is 0 Å². The van der Waals surface area contributed by atoms with Crippen molar-refractivity contribution in [2.75, 3.05) is 19.7 Å². The Labute approximate surface area is 81.9 Å². The first-order valence-electron chi connectivity index (χ1n) is 5.73. The minimum absolute atomic E-state index is 0.355. The van der Waals surface area contributed by atoms with Crippen LogP contribution in [0, 0.1) is 0 Å². The van der Waals surface area contributed by atoms with Crippen molar-refractivity contribution in [3.63, 3.8) is 0 Å². The highest BCUT2D eigenvalue weighted by Crippen LogP contribution is 2.17. The fraction of sp³-hybridized carbons (Fsp3) is 1.00. The maximum Gasteiger partial charge on any atom is 0.0586 e. The Morgan fingerprint density at radius 3 is 2.85 bits per heavy atom. The van der Waals surface area contributed by atoms with Crippen molar-refractivity contribution in [1.82, 2.24) is 4.90 Å². The second kappa shape index (κ2) is 6.39. The molecule has 0 spiro atoms. The Balaban J connectivity index is 2.06. The van der Waals surface area contributed by atoms with Crippen LogP contribution in [0.1, 0.15) is 45.4 Å². The number of aliphatic hydroxyl groups excluding tert-OH is 1. The van der Waals surface area contributed by atoms with E-state index in [1.165, 1.54) is 51.6 Å². The summed E-state index contributed by atoms with van der Waals surface area (Å²) in [5, 5.41) is 9.10. The molecular formula is C11H23NO. The number of unbranched alkanes of at least 4 members (excludes halogenated alkanes) is 3. The van der Waals surface area contributed by atoms with Crippen LogP contribution >= 0.6 is 0 Å². The molecule has 1 aliphatic heterocycles. The average molecular weight is 185 g/mol. The van der Waals surface area contributed by atoms with Crippen LogP contribution in [-0.4, -0.2) is 35.7 Å². The van der Waals surface area contributed by atoms with Gasteiger partial charge in [0.05, 0.1) is 6.61 Å². The van der Waals surface area contributed by atoms with E-state index in [4.69, 9.17) is 5.11 Å². The lowest BCUT2D eigenvalue weighted by Crippen LogP contribution is -2.32. The molecule has 13 heavy (non-hydrogen) atoms. The van der Waals surface area contributed by atoms with Gasteiger partial charge in [0.1, 0.15) is 0 Å². The molecule has 1 fully saturated rings. The second-order valence-corrected chi connectivity index (χ2v) is 4.08. The highest BCUT2D eigenvalue weighted by Gasteiger charge is 2.22. The molecule has 0 radical (unpaired) electrons. The number of likely N-dealkylation sites (tertiary alicyclic amines) is 1. The van der Waals surface area contributed by atoms with Gasteiger partial charge >= 0.3 is 0 Å². The van der Waals surface area contributed by atoms with Crippen LogP contribution in [-0.2, 0) is 0 Å². The number of nitrogens with zero attached hydrogens (tertiary/aromatic N) is 1. The van der Waals surface area contributed by atoms with Crippen molar-refractivity contribution in [2.45, 2.75) is 51.5 Å². The van der Waals surface area contributed by atoms with Crippen LogP contribution in [0.25, 0.3) is 0 Å². The van der Waals surface area contributed by atoms with E-state index in [1.54, 1.807) is 0 Å². The average Bonchev–Trinajstić information content (AvgIpc) is 2.60. The third kappa shape index (κ3) is 3.65. The standard InChI is InChI=1S/C11H23NO/c1-2-3-4-5-8-12-9-6-7-11(12)10-13/h11,13H,2-10H2,1H3/t11-/m0/s1. The van der Waals surface area contributed by atoms with Gasteiger partial charge in [0.2, 0.25) is 0 Å². The van der Waals surface area contributed by atoms with E-state index in [0.717, 1.165) is 0 Å². The molecule has 78 valence electrons. The second-order valence-electron chi connectivity index (χ2n) is 4.08. The molecular weight excluding hydrogens is 162 g/mol. The van der Waals surface area contributed by atoms with Gasteiger partial charge in [0.15, 0.2) is 0 Å². The van der Waals surface area contributed by atoms with E-state index in [2.05, 4.69) is 11.8 Å². The number of hydrogen-bond donors (Lipinski definition) is 1. The van der Waals surface area contributed by atoms with Crippen molar-refractivity contribution in [3.8, 4) is 0 Å². The minimum atomic E-state index is 0.355. The zero-order valence-corrected chi connectivity index (χ0v) is 8.84. The van der Waals surface area contributed by atoms with E-state index in [0.29, 0.717) is 12.6 Å². The third-order valence-corrected chi connectivity index (χ3v) is 3.01. The van der Waals surface area contributed by atoms with Crippen LogP contribution in [0.5, 0.6) is 0 Å². The Kier molecular flexibility index (Phi) is 5.40. The molecule has 0 aromatic carbocycles. The zero-order chi connectivity index (χ0) is 9.52. The Morgan fingerprint density at radius 1 is 1.31 bits per heavy atom. The molecule has 1 aliphatic rings. The summed E-state index contributed by atoms with van der Waals surface area (Å²) in [5.74, 6) is 0. The zero-order valence-electron chi connectivity index (χ0n) is 8.84. The van der Waals surface area contributed by atoms with Crippen molar-refractivity contribution in [1.29, 1.82) is 0 Å². The molecule has 1 rings (SSSR count). The van der Waals surface area contributed by atoms with E-state index in [9.17, 15) is 0 Å². The van der Waals surface area contributed by atoms with Gasteiger partial charge in [-0.25, -0.2) is 0 Å². The van der Waals surface area contributed by atoms with Gasteiger partial charge in [-0.2, -0.15) is 0 Å². The van der Waals surface area contributed by atoms with Gasteiger partial charge in [-0.05, 0) is 32.4 Å². The Bertz CT molecular complexity index is 127. The lowest BCUT2D eigenvalue weighted by Gasteiger charge is -2.22. The van der Waals surface area contributed by atoms with Crippen LogP contribution < -0.4 is 0 Å². The predicted molar refractivity (Wildman–Crippen MR) is 55.8 cm³/mol. The normalized spacial score (nSPS) is 24.0. The van der Waals surface area contributed by atoms with Crippen LogP contribution in [0.3, 0.4) is 0 Å². The molecule has 0 aliphatic carbocycles. The Hall–Kier alpha value is -0.0800. The SMILES string of the molecule is CCCCCCN1CCC[C@H]1CO. The summed E-state index contributed by atoms with van der Waals surface area (Å²) < 4.78 is 0. The summed E-state index contributed by atoms with van der Waals surface area (Å²) in [4.78, 5) is 2.45. The van der Waals surface area contributed by atoms with Crippen molar-refractivity contribution in [3.05, 3.63) is 0 Å². The molecule has 0 bridgehead atoms. The van der Waals surface area contributed by atoms with Crippen LogP contribution in [0.4, 0.5) is 0 Å². The molecule has 0 amide bonds. The first-order valence-corrected chi connectivity index (χ1v) is 5.73. The lowest BCUT2D eigenvalue weighted by molar-refractivity contribution is 0.157. The highest BCUT2D eigenvalue weighted by molar-refractivity contribution is 4.77. The molecule has 0 aromatic heterocycles. The van der Waals surface area contributed by atoms with Gasteiger partial charge in [0.25, 0.3) is 0 Å². The van der Waals surface area contributed by atoms with E-state index in [-0.39, 0.29) is 0 Å². The lowest BCUT2D eigenvalue weighted by atomic mass is 10.2. The molecule has 1 saturated heterocycles. The summed E-state index contributed by atoms with van der Waals surface area (Å²) >= 11 is 0. The molecule has 1 N–H and O–H groups in total. The summed E-state index contributed by atoms with van der Waals surface area (Å²) in [6.45, 7) is 5.00. The largest absolute Gasteiger partial charge is 0.395 e. The Morgan fingerprint density at radius 2 is 2.15 bits per heavy atom. The van der Waals surface area contributed by atoms with Crippen LogP contribution in [0.15, 0.2) is 0 Å². The van der Waals surface area contributed by atoms with Gasteiger partial charge < -0.3 is 5.11 Å². The number of hydrogen-bond acceptors (Lipinski definition) is 2. The molecule has 1 atom stereocenters. The molecule has 0 aromatic rings. The topological polar surface area (TPSA) is 23.5 Å². The molecule has 0 saturated carbocycles. The van der Waals surface area contributed by atoms with Crippen LogP contribution in [0.2, 0.25) is 0 Å². The first kappa shape index (κ1) is 11.0. The minimum Gasteiger partial charge on any atom is -0.395 e. The van der Waals surface area contributed by atoms with Gasteiger partial charge in [-0.15, -0.1) is 0 Å². The highest BCUT2D eigenvalue weighted by atomic mass is 16.3. The summed E-state index contributed by atoms with van der Waals surface area (Å²) in [6, 6.07) is 0.474. The molecule has 1 heterocycles. The maximum absolute atomic E-state index is 9.10. The monoisotopic (exact) mass is 185 g/mol. The van der Waals surface area contributed by atoms with Crippen molar-refractivity contribution >= 4 is 0 Å². The molecule has 2 nitrogen and oxygen atoms in total. The summed E-state index contributed by atoms with van der Waals surface area (Å²) in [7, 11) is 0. The predicted octanol–water partition coefficient (Wildman–Crippen LogP) is 2.02. The summed E-state index contributed by atoms with van der Waals surface area (Å²) in [5.41, 5.74) is 0. The van der Waals surface area contributed by atoms with E-state index in [1.807, 2.05) is 0 Å². The van der Waals surface area contributed by atoms with Crippen molar-refractivity contribution in [2.24, 2.45) is 0 Å².